The molecule has 1 N–H and O–H groups in total. The van der Waals surface area contributed by atoms with Crippen LogP contribution < -0.4 is 0 Å². The molecule has 1 heterocycles. The van der Waals surface area contributed by atoms with Crippen molar-refractivity contribution in [3.05, 3.63) is 0 Å². The van der Waals surface area contributed by atoms with Gasteiger partial charge in [0.15, 0.2) is 12.2 Å². The molecule has 12 nitrogen and oxygen atoms in total. The van der Waals surface area contributed by atoms with Gasteiger partial charge >= 0.3 is 23.9 Å². The van der Waals surface area contributed by atoms with Gasteiger partial charge in [-0.25, -0.2) is 4.99 Å². The zero-order chi connectivity index (χ0) is 26.4. The van der Waals surface area contributed by atoms with E-state index in [9.17, 15) is 24.3 Å². The van der Waals surface area contributed by atoms with Crippen LogP contribution in [0.3, 0.4) is 0 Å². The van der Waals surface area contributed by atoms with Gasteiger partial charge in [0.25, 0.3) is 5.12 Å². The van der Waals surface area contributed by atoms with Crippen LogP contribution in [0.15, 0.2) is 4.99 Å². The molecular formula is C21H31NO11S2. The lowest BCUT2D eigenvalue weighted by Gasteiger charge is -2.48. The van der Waals surface area contributed by atoms with E-state index in [4.69, 9.17) is 28.4 Å². The molecule has 1 rings (SSSR count). The van der Waals surface area contributed by atoms with E-state index >= 15 is 0 Å². The second-order valence-electron chi connectivity index (χ2n) is 7.41. The summed E-state index contributed by atoms with van der Waals surface area (Å²) >= 11 is 5.36. The summed E-state index contributed by atoms with van der Waals surface area (Å²) in [7, 11) is 0. The normalized spacial score (nSPS) is 25.6. The van der Waals surface area contributed by atoms with Crippen LogP contribution in [0.5, 0.6) is 0 Å². The molecular weight excluding hydrogens is 506 g/mol. The number of ether oxygens (including phenoxy) is 6. The molecule has 0 amide bonds. The molecule has 0 unspecified atom stereocenters. The van der Waals surface area contributed by atoms with Crippen molar-refractivity contribution in [2.75, 3.05) is 32.1 Å². The van der Waals surface area contributed by atoms with E-state index in [-0.39, 0.29) is 5.75 Å². The molecule has 35 heavy (non-hydrogen) atoms. The molecule has 0 aliphatic carbocycles. The maximum atomic E-state index is 11.8. The third-order valence-electron chi connectivity index (χ3n) is 4.38. The van der Waals surface area contributed by atoms with Crippen molar-refractivity contribution >= 4 is 53.0 Å². The highest BCUT2D eigenvalue weighted by Crippen LogP contribution is 2.41. The Labute approximate surface area is 213 Å². The van der Waals surface area contributed by atoms with Crippen molar-refractivity contribution in [1.29, 1.82) is 0 Å². The lowest BCUT2D eigenvalue weighted by atomic mass is 9.98. The van der Waals surface area contributed by atoms with Crippen LogP contribution in [0, 0.1) is 0 Å². The van der Waals surface area contributed by atoms with Crippen LogP contribution in [-0.4, -0.2) is 95.8 Å². The minimum atomic E-state index is -2.22. The number of carbonyl (C=O) groups is 4. The number of hydrogen-bond donors (Lipinski definition) is 1. The van der Waals surface area contributed by atoms with Gasteiger partial charge in [0, 0.05) is 46.7 Å². The second-order valence-corrected chi connectivity index (χ2v) is 8.87. The Kier molecular flexibility index (Phi) is 14.0. The Morgan fingerprint density at radius 2 is 1.57 bits per heavy atom. The summed E-state index contributed by atoms with van der Waals surface area (Å²) in [6.07, 6.45) is -4.39. The summed E-state index contributed by atoms with van der Waals surface area (Å²) < 4.78 is 32.1. The number of aliphatic hydroxyl groups is 1. The van der Waals surface area contributed by atoms with E-state index in [2.05, 4.69) is 22.4 Å². The van der Waals surface area contributed by atoms with Gasteiger partial charge in [0.1, 0.15) is 12.7 Å². The van der Waals surface area contributed by atoms with Crippen molar-refractivity contribution in [3.8, 4) is 0 Å². The highest BCUT2D eigenvalue weighted by molar-refractivity contribution is 8.00. The third-order valence-corrected chi connectivity index (χ3v) is 5.75. The summed E-state index contributed by atoms with van der Waals surface area (Å²) in [6.45, 7) is 5.41. The number of isothiocyanates is 1. The van der Waals surface area contributed by atoms with E-state index in [1.165, 1.54) is 0 Å². The minimum Gasteiger partial charge on any atom is -0.463 e. The lowest BCUT2D eigenvalue weighted by molar-refractivity contribution is -0.312. The Morgan fingerprint density at radius 1 is 0.971 bits per heavy atom. The number of thioether (sulfide) groups is 1. The second kappa shape index (κ2) is 15.8. The molecule has 0 radical (unpaired) electrons. The largest absolute Gasteiger partial charge is 0.463 e. The average Bonchev–Trinajstić information content (AvgIpc) is 2.75. The van der Waals surface area contributed by atoms with Crippen LogP contribution in [0.25, 0.3) is 0 Å². The van der Waals surface area contributed by atoms with Gasteiger partial charge in [-0.15, -0.1) is 0 Å². The fourth-order valence-corrected chi connectivity index (χ4v) is 4.32. The topological polar surface area (TPSA) is 156 Å². The highest BCUT2D eigenvalue weighted by atomic mass is 32.2. The smallest absolute Gasteiger partial charge is 0.303 e. The zero-order valence-electron chi connectivity index (χ0n) is 20.1. The fourth-order valence-electron chi connectivity index (χ4n) is 3.14. The number of hydrogen-bond acceptors (Lipinski definition) is 14. The first-order chi connectivity index (χ1) is 16.5. The first-order valence-corrected chi connectivity index (χ1v) is 12.2. The Hall–Kier alpha value is -2.09. The van der Waals surface area contributed by atoms with Gasteiger partial charge in [0.2, 0.25) is 6.10 Å². The summed E-state index contributed by atoms with van der Waals surface area (Å²) in [4.78, 5) is 50.6. The lowest BCUT2D eigenvalue weighted by Crippen LogP contribution is -2.67. The number of aliphatic imine (C=N–C) groups is 1. The van der Waals surface area contributed by atoms with E-state index in [0.717, 1.165) is 39.5 Å². The predicted octanol–water partition coefficient (Wildman–Crippen LogP) is 1.02. The van der Waals surface area contributed by atoms with Gasteiger partial charge in [-0.1, -0.05) is 11.8 Å². The van der Waals surface area contributed by atoms with Crippen molar-refractivity contribution in [1.82, 2.24) is 0 Å². The molecule has 0 bridgehead atoms. The van der Waals surface area contributed by atoms with Gasteiger partial charge in [-0.05, 0) is 25.1 Å². The average molecular weight is 538 g/mol. The van der Waals surface area contributed by atoms with Gasteiger partial charge in [-0.3, -0.25) is 19.2 Å². The maximum absolute atomic E-state index is 11.8. The van der Waals surface area contributed by atoms with Crippen LogP contribution in [0.1, 0.15) is 40.5 Å². The number of carbonyl (C=O) groups excluding carboxylic acids is 4. The standard InChI is InChI=1S/C21H31NO11S2/c1-13(23)29-11-17-18(30-14(2)24)19(31-15(3)25)20(32-16(4)26)21(27,33-17)35-10-6-9-28-8-5-7-22-12-34/h17-20,27H,5-11H2,1-4H3/t17-,18-,19+,20-,21-/m1/s1. The third kappa shape index (κ3) is 11.5. The van der Waals surface area contributed by atoms with E-state index in [0.29, 0.717) is 32.6 Å². The van der Waals surface area contributed by atoms with Gasteiger partial charge in [0.05, 0.1) is 11.7 Å². The van der Waals surface area contributed by atoms with Crippen molar-refractivity contribution < 1.29 is 52.7 Å². The first kappa shape index (κ1) is 30.9. The maximum Gasteiger partial charge on any atom is 0.303 e. The number of rotatable bonds is 14. The van der Waals surface area contributed by atoms with Crippen LogP contribution in [-0.2, 0) is 47.6 Å². The number of esters is 4. The van der Waals surface area contributed by atoms with Gasteiger partial charge < -0.3 is 33.5 Å². The summed E-state index contributed by atoms with van der Waals surface area (Å²) in [5, 5.41) is 11.4. The van der Waals surface area contributed by atoms with E-state index in [1.54, 1.807) is 0 Å². The van der Waals surface area contributed by atoms with Crippen molar-refractivity contribution in [2.45, 2.75) is 70.1 Å². The molecule has 1 aliphatic heterocycles. The molecule has 0 saturated carbocycles. The molecule has 0 aromatic heterocycles. The SMILES string of the molecule is CC(=O)OC[C@H]1O[C@@](O)(SCCCOCCCN=C=S)[C@H](OC(C)=O)[C@@H](OC(C)=O)[C@@H]1OC(C)=O. The summed E-state index contributed by atoms with van der Waals surface area (Å²) in [5.74, 6) is -2.69. The Morgan fingerprint density at radius 3 is 2.14 bits per heavy atom. The fraction of sp³-hybridized carbons (Fsp3) is 0.762. The van der Waals surface area contributed by atoms with Crippen molar-refractivity contribution in [3.63, 3.8) is 0 Å². The molecule has 14 heteroatoms. The molecule has 1 aliphatic rings. The van der Waals surface area contributed by atoms with Crippen LogP contribution in [0.4, 0.5) is 0 Å². The van der Waals surface area contributed by atoms with E-state index < -0.39 is 60.0 Å². The molecule has 5 atom stereocenters. The number of nitrogens with zero attached hydrogens (tertiary/aromatic N) is 1. The molecule has 0 aromatic carbocycles. The summed E-state index contributed by atoms with van der Waals surface area (Å²) in [5.41, 5.74) is 0. The molecule has 0 aromatic rings. The molecule has 198 valence electrons. The van der Waals surface area contributed by atoms with Crippen LogP contribution >= 0.6 is 24.0 Å². The Bertz CT molecular complexity index is 789. The minimum absolute atomic E-state index is 0.289. The van der Waals surface area contributed by atoms with Gasteiger partial charge in [-0.2, -0.15) is 0 Å². The predicted molar refractivity (Wildman–Crippen MR) is 126 cm³/mol. The molecule has 1 saturated heterocycles. The van der Waals surface area contributed by atoms with Crippen LogP contribution in [0.2, 0.25) is 0 Å². The van der Waals surface area contributed by atoms with E-state index in [1.807, 2.05) is 0 Å². The summed E-state index contributed by atoms with van der Waals surface area (Å²) in [6, 6.07) is 0. The highest BCUT2D eigenvalue weighted by Gasteiger charge is 2.60. The molecule has 0 spiro atoms. The quantitative estimate of drug-likeness (QED) is 0.0837. The number of thiocarbonyl (C=S) groups is 1. The first-order valence-electron chi connectivity index (χ1n) is 10.8. The zero-order valence-corrected chi connectivity index (χ0v) is 21.7. The Balaban J connectivity index is 3.05. The van der Waals surface area contributed by atoms with Crippen molar-refractivity contribution in [2.24, 2.45) is 4.99 Å². The monoisotopic (exact) mass is 537 g/mol. The molecule has 1 fully saturated rings.